The number of nitrogens with zero attached hydrogens (tertiary/aromatic N) is 2. The summed E-state index contributed by atoms with van der Waals surface area (Å²) in [5, 5.41) is 0. The molecular weight excluding hydrogens is 279 g/mol. The van der Waals surface area contributed by atoms with Gasteiger partial charge in [0.15, 0.2) is 0 Å². The van der Waals surface area contributed by atoms with Gasteiger partial charge in [-0.1, -0.05) is 27.7 Å². The SMILES string of the molecule is CC(Cn1c(N)nc2cc(C(F)(F)F)ccc21)C(C)(C)C. The Balaban J connectivity index is 2.45. The first-order valence-electron chi connectivity index (χ1n) is 6.83. The van der Waals surface area contributed by atoms with Gasteiger partial charge in [0, 0.05) is 6.54 Å². The van der Waals surface area contributed by atoms with Crippen molar-refractivity contribution in [2.45, 2.75) is 40.4 Å². The average molecular weight is 299 g/mol. The standard InChI is InChI=1S/C15H20F3N3/c1-9(14(2,3)4)8-21-12-6-5-10(15(16,17)18)7-11(12)20-13(21)19/h5-7,9H,8H2,1-4H3,(H2,19,20). The van der Waals surface area contributed by atoms with E-state index >= 15 is 0 Å². The minimum absolute atomic E-state index is 0.0783. The molecule has 0 aliphatic rings. The van der Waals surface area contributed by atoms with Gasteiger partial charge in [-0.2, -0.15) is 13.2 Å². The zero-order chi connectivity index (χ0) is 16.0. The average Bonchev–Trinajstić information content (AvgIpc) is 2.63. The summed E-state index contributed by atoms with van der Waals surface area (Å²) < 4.78 is 40.0. The molecule has 1 aromatic heterocycles. The first-order chi connectivity index (χ1) is 9.50. The Morgan fingerprint density at radius 2 is 1.86 bits per heavy atom. The molecular formula is C15H20F3N3. The van der Waals surface area contributed by atoms with Crippen molar-refractivity contribution in [3.63, 3.8) is 0 Å². The highest BCUT2D eigenvalue weighted by Gasteiger charge is 2.31. The summed E-state index contributed by atoms with van der Waals surface area (Å²) in [5.41, 5.74) is 6.16. The van der Waals surface area contributed by atoms with Crippen LogP contribution in [0.2, 0.25) is 0 Å². The topological polar surface area (TPSA) is 43.8 Å². The molecule has 1 atom stereocenters. The van der Waals surface area contributed by atoms with Crippen LogP contribution in [0, 0.1) is 11.3 Å². The Bertz CT molecular complexity index is 650. The van der Waals surface area contributed by atoms with Gasteiger partial charge in [-0.25, -0.2) is 4.98 Å². The van der Waals surface area contributed by atoms with Crippen LogP contribution in [0.5, 0.6) is 0 Å². The fourth-order valence-corrected chi connectivity index (χ4v) is 2.06. The predicted molar refractivity (Wildman–Crippen MR) is 77.8 cm³/mol. The summed E-state index contributed by atoms with van der Waals surface area (Å²) in [6.07, 6.45) is -4.37. The van der Waals surface area contributed by atoms with Crippen molar-refractivity contribution in [3.05, 3.63) is 23.8 Å². The van der Waals surface area contributed by atoms with Gasteiger partial charge in [0.1, 0.15) is 0 Å². The zero-order valence-electron chi connectivity index (χ0n) is 12.6. The van der Waals surface area contributed by atoms with Crippen LogP contribution in [-0.2, 0) is 12.7 Å². The molecule has 21 heavy (non-hydrogen) atoms. The van der Waals surface area contributed by atoms with Crippen LogP contribution in [0.1, 0.15) is 33.3 Å². The van der Waals surface area contributed by atoms with Crippen molar-refractivity contribution in [2.75, 3.05) is 5.73 Å². The van der Waals surface area contributed by atoms with E-state index in [1.807, 2.05) is 0 Å². The fourth-order valence-electron chi connectivity index (χ4n) is 2.06. The molecule has 6 heteroatoms. The highest BCUT2D eigenvalue weighted by atomic mass is 19.4. The number of alkyl halides is 3. The van der Waals surface area contributed by atoms with Crippen molar-refractivity contribution >= 4 is 17.0 Å². The van der Waals surface area contributed by atoms with E-state index in [1.165, 1.54) is 6.07 Å². The summed E-state index contributed by atoms with van der Waals surface area (Å²) in [6.45, 7) is 9.07. The number of halogens is 3. The normalized spacial score (nSPS) is 14.6. The lowest BCUT2D eigenvalue weighted by Crippen LogP contribution is -2.23. The fraction of sp³-hybridized carbons (Fsp3) is 0.533. The van der Waals surface area contributed by atoms with E-state index in [1.54, 1.807) is 4.57 Å². The molecule has 2 aromatic rings. The third kappa shape index (κ3) is 3.14. The molecule has 0 fully saturated rings. The Morgan fingerprint density at radius 1 is 1.24 bits per heavy atom. The molecule has 1 heterocycles. The predicted octanol–water partition coefficient (Wildman–Crippen LogP) is 4.32. The molecule has 0 spiro atoms. The lowest BCUT2D eigenvalue weighted by atomic mass is 9.82. The lowest BCUT2D eigenvalue weighted by Gasteiger charge is -2.28. The molecule has 0 saturated heterocycles. The Kier molecular flexibility index (Phi) is 3.68. The molecule has 1 aromatic carbocycles. The van der Waals surface area contributed by atoms with Crippen LogP contribution < -0.4 is 5.73 Å². The maximum atomic E-state index is 12.7. The minimum atomic E-state index is -4.37. The van der Waals surface area contributed by atoms with Gasteiger partial charge in [-0.05, 0) is 29.5 Å². The number of benzene rings is 1. The van der Waals surface area contributed by atoms with E-state index in [9.17, 15) is 13.2 Å². The zero-order valence-corrected chi connectivity index (χ0v) is 12.6. The molecule has 2 rings (SSSR count). The van der Waals surface area contributed by atoms with Crippen LogP contribution in [0.4, 0.5) is 19.1 Å². The van der Waals surface area contributed by atoms with Gasteiger partial charge < -0.3 is 10.3 Å². The quantitative estimate of drug-likeness (QED) is 0.897. The van der Waals surface area contributed by atoms with Crippen molar-refractivity contribution in [3.8, 4) is 0 Å². The van der Waals surface area contributed by atoms with Crippen LogP contribution in [-0.4, -0.2) is 9.55 Å². The smallest absolute Gasteiger partial charge is 0.369 e. The summed E-state index contributed by atoms with van der Waals surface area (Å²) in [4.78, 5) is 4.06. The second kappa shape index (κ2) is 4.93. The maximum Gasteiger partial charge on any atom is 0.416 e. The third-order valence-electron chi connectivity index (χ3n) is 4.04. The van der Waals surface area contributed by atoms with Crippen molar-refractivity contribution in [1.29, 1.82) is 0 Å². The number of aromatic nitrogens is 2. The second-order valence-corrected chi connectivity index (χ2v) is 6.55. The number of hydrogen-bond acceptors (Lipinski definition) is 2. The van der Waals surface area contributed by atoms with E-state index in [-0.39, 0.29) is 16.9 Å². The number of imidazole rings is 1. The third-order valence-corrected chi connectivity index (χ3v) is 4.04. The van der Waals surface area contributed by atoms with E-state index in [4.69, 9.17) is 5.73 Å². The molecule has 0 radical (unpaired) electrons. The lowest BCUT2D eigenvalue weighted by molar-refractivity contribution is -0.137. The Morgan fingerprint density at radius 3 is 2.38 bits per heavy atom. The van der Waals surface area contributed by atoms with E-state index < -0.39 is 11.7 Å². The number of fused-ring (bicyclic) bond motifs is 1. The first-order valence-corrected chi connectivity index (χ1v) is 6.83. The molecule has 0 bridgehead atoms. The maximum absolute atomic E-state index is 12.7. The Labute approximate surface area is 122 Å². The van der Waals surface area contributed by atoms with Gasteiger partial charge in [-0.15, -0.1) is 0 Å². The molecule has 1 unspecified atom stereocenters. The molecule has 2 N–H and O–H groups in total. The first kappa shape index (κ1) is 15.7. The van der Waals surface area contributed by atoms with Crippen molar-refractivity contribution < 1.29 is 13.2 Å². The largest absolute Gasteiger partial charge is 0.416 e. The summed E-state index contributed by atoms with van der Waals surface area (Å²) >= 11 is 0. The summed E-state index contributed by atoms with van der Waals surface area (Å²) in [7, 11) is 0. The minimum Gasteiger partial charge on any atom is -0.369 e. The van der Waals surface area contributed by atoms with Gasteiger partial charge in [0.05, 0.1) is 16.6 Å². The number of anilines is 1. The summed E-state index contributed by atoms with van der Waals surface area (Å²) in [6, 6.07) is 3.56. The van der Waals surface area contributed by atoms with Crippen LogP contribution in [0.15, 0.2) is 18.2 Å². The van der Waals surface area contributed by atoms with E-state index in [0.717, 1.165) is 12.1 Å². The number of nitrogen functional groups attached to an aromatic ring is 1. The molecule has 0 aliphatic heterocycles. The second-order valence-electron chi connectivity index (χ2n) is 6.55. The van der Waals surface area contributed by atoms with Gasteiger partial charge in [0.2, 0.25) is 5.95 Å². The highest BCUT2D eigenvalue weighted by molar-refractivity contribution is 5.79. The van der Waals surface area contributed by atoms with Gasteiger partial charge in [-0.3, -0.25) is 0 Å². The highest BCUT2D eigenvalue weighted by Crippen LogP contribution is 2.33. The Hall–Kier alpha value is -1.72. The molecule has 0 aliphatic carbocycles. The van der Waals surface area contributed by atoms with Crippen LogP contribution in [0.25, 0.3) is 11.0 Å². The molecule has 0 saturated carbocycles. The molecule has 116 valence electrons. The molecule has 0 amide bonds. The van der Waals surface area contributed by atoms with E-state index in [0.29, 0.717) is 18.0 Å². The van der Waals surface area contributed by atoms with Gasteiger partial charge in [0.25, 0.3) is 0 Å². The number of rotatable bonds is 2. The van der Waals surface area contributed by atoms with Crippen molar-refractivity contribution in [1.82, 2.24) is 9.55 Å². The number of nitrogens with two attached hydrogens (primary N) is 1. The van der Waals surface area contributed by atoms with E-state index in [2.05, 4.69) is 32.7 Å². The van der Waals surface area contributed by atoms with Crippen LogP contribution >= 0.6 is 0 Å². The number of hydrogen-bond donors (Lipinski definition) is 1. The van der Waals surface area contributed by atoms with Crippen molar-refractivity contribution in [2.24, 2.45) is 11.3 Å². The van der Waals surface area contributed by atoms with Gasteiger partial charge >= 0.3 is 6.18 Å². The molecule has 3 nitrogen and oxygen atoms in total. The monoisotopic (exact) mass is 299 g/mol. The van der Waals surface area contributed by atoms with Crippen LogP contribution in [0.3, 0.4) is 0 Å². The summed E-state index contributed by atoms with van der Waals surface area (Å²) in [5.74, 6) is 0.555.